The van der Waals surface area contributed by atoms with Crippen LogP contribution in [0.25, 0.3) is 11.4 Å². The Kier molecular flexibility index (Phi) is 6.67. The lowest BCUT2D eigenvalue weighted by molar-refractivity contribution is -0.0573. The van der Waals surface area contributed by atoms with Gasteiger partial charge in [-0.2, -0.15) is 4.98 Å². The van der Waals surface area contributed by atoms with E-state index in [2.05, 4.69) is 15.0 Å². The van der Waals surface area contributed by atoms with Gasteiger partial charge in [0.25, 0.3) is 0 Å². The fourth-order valence-corrected chi connectivity index (χ4v) is 4.28. The second-order valence-electron chi connectivity index (χ2n) is 7.95. The second-order valence-corrected chi connectivity index (χ2v) is 7.95. The van der Waals surface area contributed by atoms with Crippen LogP contribution in [-0.2, 0) is 11.3 Å². The molecule has 7 nitrogen and oxygen atoms in total. The van der Waals surface area contributed by atoms with Gasteiger partial charge in [-0.05, 0) is 43.9 Å². The summed E-state index contributed by atoms with van der Waals surface area (Å²) in [6, 6.07) is 5.62. The molecule has 1 saturated heterocycles. The molecule has 1 saturated carbocycles. The van der Waals surface area contributed by atoms with Crippen LogP contribution in [0.15, 0.2) is 22.7 Å². The maximum atomic E-state index is 6.33. The molecule has 29 heavy (non-hydrogen) atoms. The van der Waals surface area contributed by atoms with E-state index in [1.165, 1.54) is 32.1 Å². The monoisotopic (exact) mass is 401 g/mol. The van der Waals surface area contributed by atoms with Gasteiger partial charge in [-0.3, -0.25) is 4.90 Å². The zero-order valence-electron chi connectivity index (χ0n) is 17.4. The second kappa shape index (κ2) is 9.59. The van der Waals surface area contributed by atoms with Gasteiger partial charge in [0.15, 0.2) is 11.5 Å². The molecule has 4 rings (SSSR count). The Hall–Kier alpha value is -2.12. The van der Waals surface area contributed by atoms with E-state index in [1.807, 2.05) is 18.2 Å². The summed E-state index contributed by atoms with van der Waals surface area (Å²) in [6.45, 7) is 2.69. The molecular formula is C22H31N3O4. The molecule has 2 aliphatic rings. The lowest BCUT2D eigenvalue weighted by atomic mass is 9.97. The first kappa shape index (κ1) is 20.2. The van der Waals surface area contributed by atoms with Crippen molar-refractivity contribution in [1.82, 2.24) is 15.0 Å². The molecule has 1 aliphatic heterocycles. The first-order chi connectivity index (χ1) is 14.2. The van der Waals surface area contributed by atoms with Gasteiger partial charge in [0, 0.05) is 18.7 Å². The van der Waals surface area contributed by atoms with Crippen molar-refractivity contribution in [2.45, 2.75) is 63.7 Å². The summed E-state index contributed by atoms with van der Waals surface area (Å²) >= 11 is 0. The van der Waals surface area contributed by atoms with Crippen LogP contribution < -0.4 is 9.47 Å². The number of piperidine rings is 1. The molecule has 0 bridgehead atoms. The highest BCUT2D eigenvalue weighted by atomic mass is 16.5. The van der Waals surface area contributed by atoms with E-state index in [-0.39, 0.29) is 0 Å². The third-order valence-electron chi connectivity index (χ3n) is 5.94. The molecule has 1 aromatic carbocycles. The Balaban J connectivity index is 1.30. The van der Waals surface area contributed by atoms with Crippen molar-refractivity contribution in [2.24, 2.45) is 0 Å². The highest BCUT2D eigenvalue weighted by molar-refractivity contribution is 5.60. The lowest BCUT2D eigenvalue weighted by Gasteiger charge is -2.34. The molecule has 2 aromatic rings. The highest BCUT2D eigenvalue weighted by Gasteiger charge is 2.25. The van der Waals surface area contributed by atoms with Gasteiger partial charge in [-0.15, -0.1) is 0 Å². The minimum Gasteiger partial charge on any atom is -0.493 e. The molecule has 7 heteroatoms. The summed E-state index contributed by atoms with van der Waals surface area (Å²) < 4.78 is 22.5. The Labute approximate surface area is 172 Å². The van der Waals surface area contributed by atoms with Gasteiger partial charge in [0.2, 0.25) is 11.7 Å². The molecule has 0 spiro atoms. The number of rotatable bonds is 7. The number of benzene rings is 1. The minimum atomic E-state index is 0.402. The third-order valence-corrected chi connectivity index (χ3v) is 5.94. The van der Waals surface area contributed by atoms with Gasteiger partial charge < -0.3 is 18.7 Å². The molecule has 0 atom stereocenters. The van der Waals surface area contributed by atoms with E-state index < -0.39 is 0 Å². The molecule has 0 N–H and O–H groups in total. The molecule has 1 aliphatic carbocycles. The van der Waals surface area contributed by atoms with Crippen LogP contribution in [0.4, 0.5) is 0 Å². The minimum absolute atomic E-state index is 0.402. The number of methoxy groups -OCH3 is 2. The SMILES string of the molecule is COc1ccc(-c2noc(CN3CCC(OC4CCCCC4)CC3)n2)cc1OC. The van der Waals surface area contributed by atoms with E-state index in [1.54, 1.807) is 14.2 Å². The molecule has 2 heterocycles. The van der Waals surface area contributed by atoms with Crippen molar-refractivity contribution < 1.29 is 18.7 Å². The zero-order chi connectivity index (χ0) is 20.1. The predicted octanol–water partition coefficient (Wildman–Crippen LogP) is 4.07. The van der Waals surface area contributed by atoms with Crippen molar-refractivity contribution >= 4 is 0 Å². The molecule has 0 amide bonds. The maximum absolute atomic E-state index is 6.33. The number of hydrogen-bond acceptors (Lipinski definition) is 7. The van der Waals surface area contributed by atoms with Crippen molar-refractivity contribution in [3.05, 3.63) is 24.1 Å². The zero-order valence-corrected chi connectivity index (χ0v) is 17.4. The van der Waals surface area contributed by atoms with E-state index in [0.717, 1.165) is 31.5 Å². The quantitative estimate of drug-likeness (QED) is 0.693. The van der Waals surface area contributed by atoms with Crippen LogP contribution in [-0.4, -0.2) is 54.6 Å². The average Bonchev–Trinajstić information content (AvgIpc) is 3.24. The number of likely N-dealkylation sites (tertiary alicyclic amines) is 1. The first-order valence-electron chi connectivity index (χ1n) is 10.7. The number of hydrogen-bond donors (Lipinski definition) is 0. The summed E-state index contributed by atoms with van der Waals surface area (Å²) in [6.07, 6.45) is 9.53. The van der Waals surface area contributed by atoms with Crippen LogP contribution >= 0.6 is 0 Å². The van der Waals surface area contributed by atoms with Crippen molar-refractivity contribution in [3.8, 4) is 22.9 Å². The van der Waals surface area contributed by atoms with Crippen molar-refractivity contribution in [3.63, 3.8) is 0 Å². The predicted molar refractivity (Wildman–Crippen MR) is 109 cm³/mol. The van der Waals surface area contributed by atoms with Crippen LogP contribution in [0.5, 0.6) is 11.5 Å². The lowest BCUT2D eigenvalue weighted by Crippen LogP contribution is -2.38. The van der Waals surface area contributed by atoms with Crippen molar-refractivity contribution in [1.29, 1.82) is 0 Å². The fraction of sp³-hybridized carbons (Fsp3) is 0.636. The fourth-order valence-electron chi connectivity index (χ4n) is 4.28. The van der Waals surface area contributed by atoms with Crippen LogP contribution in [0.3, 0.4) is 0 Å². The Bertz CT molecular complexity index is 780. The van der Waals surface area contributed by atoms with Crippen LogP contribution in [0.2, 0.25) is 0 Å². The van der Waals surface area contributed by atoms with Crippen molar-refractivity contribution in [2.75, 3.05) is 27.3 Å². The van der Waals surface area contributed by atoms with Gasteiger partial charge >= 0.3 is 0 Å². The Morgan fingerprint density at radius 3 is 2.41 bits per heavy atom. The molecule has 2 fully saturated rings. The Morgan fingerprint density at radius 1 is 0.966 bits per heavy atom. The van der Waals surface area contributed by atoms with Crippen LogP contribution in [0.1, 0.15) is 50.8 Å². The standard InChI is InChI=1S/C22H31N3O4/c1-26-19-9-8-16(14-20(19)27-2)22-23-21(29-24-22)15-25-12-10-18(11-13-25)28-17-6-4-3-5-7-17/h8-9,14,17-18H,3-7,10-13,15H2,1-2H3. The largest absolute Gasteiger partial charge is 0.493 e. The van der Waals surface area contributed by atoms with E-state index in [0.29, 0.717) is 42.0 Å². The number of nitrogens with zero attached hydrogens (tertiary/aromatic N) is 3. The maximum Gasteiger partial charge on any atom is 0.241 e. The number of aromatic nitrogens is 2. The van der Waals surface area contributed by atoms with Gasteiger partial charge in [-0.1, -0.05) is 24.4 Å². The molecule has 158 valence electrons. The summed E-state index contributed by atoms with van der Waals surface area (Å²) in [5.74, 6) is 2.53. The molecule has 0 radical (unpaired) electrons. The first-order valence-corrected chi connectivity index (χ1v) is 10.7. The van der Waals surface area contributed by atoms with E-state index >= 15 is 0 Å². The van der Waals surface area contributed by atoms with Gasteiger partial charge in [0.05, 0.1) is 33.0 Å². The average molecular weight is 402 g/mol. The van der Waals surface area contributed by atoms with E-state index in [9.17, 15) is 0 Å². The van der Waals surface area contributed by atoms with Crippen LogP contribution in [0, 0.1) is 0 Å². The smallest absolute Gasteiger partial charge is 0.241 e. The molecule has 0 unspecified atom stereocenters. The van der Waals surface area contributed by atoms with Gasteiger partial charge in [-0.25, -0.2) is 0 Å². The summed E-state index contributed by atoms with van der Waals surface area (Å²) in [4.78, 5) is 6.94. The third kappa shape index (κ3) is 5.08. The number of ether oxygens (including phenoxy) is 3. The summed E-state index contributed by atoms with van der Waals surface area (Å²) in [7, 11) is 3.23. The summed E-state index contributed by atoms with van der Waals surface area (Å²) in [5.41, 5.74) is 0.845. The Morgan fingerprint density at radius 2 is 1.69 bits per heavy atom. The summed E-state index contributed by atoms with van der Waals surface area (Å²) in [5, 5.41) is 4.14. The normalized spacial score (nSPS) is 19.4. The molecular weight excluding hydrogens is 370 g/mol. The highest BCUT2D eigenvalue weighted by Crippen LogP contribution is 2.31. The topological polar surface area (TPSA) is 69.9 Å². The molecule has 1 aromatic heterocycles. The van der Waals surface area contributed by atoms with Gasteiger partial charge in [0.1, 0.15) is 0 Å². The van der Waals surface area contributed by atoms with E-state index in [4.69, 9.17) is 18.7 Å².